The summed E-state index contributed by atoms with van der Waals surface area (Å²) in [5.74, 6) is 0.160. The summed E-state index contributed by atoms with van der Waals surface area (Å²) >= 11 is 3.44. The standard InChI is InChI=1S/C25H23BrFN5O2/c26-19-2-1-3-21(13-19)32-15-18(12-24(32)33)25(34)31-10-8-30(9-11-31)23-14-22(28-16-29-23)17-4-6-20(27)7-5-17/h1-7,13-14,16,18H,8-12,15H2. The molecule has 2 aromatic carbocycles. The van der Waals surface area contributed by atoms with Crippen LogP contribution in [0.2, 0.25) is 0 Å². The van der Waals surface area contributed by atoms with Gasteiger partial charge in [-0.2, -0.15) is 0 Å². The van der Waals surface area contributed by atoms with Gasteiger partial charge < -0.3 is 14.7 Å². The Hall–Kier alpha value is -3.33. The summed E-state index contributed by atoms with van der Waals surface area (Å²) in [7, 11) is 0. The van der Waals surface area contributed by atoms with E-state index in [1.807, 2.05) is 35.2 Å². The lowest BCUT2D eigenvalue weighted by Crippen LogP contribution is -2.51. The molecular formula is C25H23BrFN5O2. The average Bonchev–Trinajstić information content (AvgIpc) is 3.26. The Morgan fingerprint density at radius 1 is 1.00 bits per heavy atom. The molecule has 0 N–H and O–H groups in total. The first kappa shape index (κ1) is 22.5. The van der Waals surface area contributed by atoms with Crippen molar-refractivity contribution >= 4 is 39.2 Å². The lowest BCUT2D eigenvalue weighted by Gasteiger charge is -2.36. The van der Waals surface area contributed by atoms with Crippen molar-refractivity contribution in [3.8, 4) is 11.3 Å². The normalized spacial score (nSPS) is 18.5. The van der Waals surface area contributed by atoms with Crippen LogP contribution in [0, 0.1) is 11.7 Å². The summed E-state index contributed by atoms with van der Waals surface area (Å²) in [6, 6.07) is 15.7. The van der Waals surface area contributed by atoms with Crippen LogP contribution in [0.3, 0.4) is 0 Å². The van der Waals surface area contributed by atoms with Crippen LogP contribution < -0.4 is 9.80 Å². The van der Waals surface area contributed by atoms with Crippen LogP contribution in [0.1, 0.15) is 6.42 Å². The molecule has 0 aliphatic carbocycles. The Morgan fingerprint density at radius 2 is 1.76 bits per heavy atom. The number of halogens is 2. The first-order valence-electron chi connectivity index (χ1n) is 11.2. The summed E-state index contributed by atoms with van der Waals surface area (Å²) in [4.78, 5) is 40.1. The van der Waals surface area contributed by atoms with Crippen LogP contribution in [0.5, 0.6) is 0 Å². The molecule has 2 fully saturated rings. The lowest BCUT2D eigenvalue weighted by molar-refractivity contribution is -0.136. The zero-order valence-electron chi connectivity index (χ0n) is 18.4. The van der Waals surface area contributed by atoms with Crippen LogP contribution in [-0.2, 0) is 9.59 Å². The first-order valence-corrected chi connectivity index (χ1v) is 11.9. The molecule has 174 valence electrons. The number of carbonyl (C=O) groups excluding carboxylic acids is 2. The summed E-state index contributed by atoms with van der Waals surface area (Å²) in [5, 5.41) is 0. The number of aromatic nitrogens is 2. The molecule has 1 atom stereocenters. The molecule has 1 unspecified atom stereocenters. The van der Waals surface area contributed by atoms with E-state index in [2.05, 4.69) is 30.8 Å². The van der Waals surface area contributed by atoms with Gasteiger partial charge in [-0.1, -0.05) is 22.0 Å². The summed E-state index contributed by atoms with van der Waals surface area (Å²) < 4.78 is 14.1. The summed E-state index contributed by atoms with van der Waals surface area (Å²) in [5.41, 5.74) is 2.35. The zero-order valence-corrected chi connectivity index (χ0v) is 20.0. The van der Waals surface area contributed by atoms with E-state index in [0.29, 0.717) is 32.7 Å². The molecule has 0 radical (unpaired) electrons. The highest BCUT2D eigenvalue weighted by Gasteiger charge is 2.38. The van der Waals surface area contributed by atoms with Crippen molar-refractivity contribution in [1.82, 2.24) is 14.9 Å². The van der Waals surface area contributed by atoms with Gasteiger partial charge in [0.15, 0.2) is 0 Å². The molecule has 2 saturated heterocycles. The van der Waals surface area contributed by atoms with E-state index in [0.717, 1.165) is 27.2 Å². The molecule has 2 amide bonds. The smallest absolute Gasteiger partial charge is 0.228 e. The third-order valence-electron chi connectivity index (χ3n) is 6.30. The summed E-state index contributed by atoms with van der Waals surface area (Å²) in [6.45, 7) is 2.82. The van der Waals surface area contributed by atoms with Gasteiger partial charge in [-0.05, 0) is 42.5 Å². The molecular weight excluding hydrogens is 501 g/mol. The van der Waals surface area contributed by atoms with E-state index in [1.165, 1.54) is 18.5 Å². The molecule has 3 aromatic rings. The van der Waals surface area contributed by atoms with E-state index in [4.69, 9.17) is 0 Å². The number of hydrogen-bond acceptors (Lipinski definition) is 5. The van der Waals surface area contributed by atoms with Crippen molar-refractivity contribution in [2.45, 2.75) is 6.42 Å². The minimum Gasteiger partial charge on any atom is -0.353 e. The number of piperazine rings is 1. The fourth-order valence-corrected chi connectivity index (χ4v) is 4.87. The van der Waals surface area contributed by atoms with Gasteiger partial charge in [-0.15, -0.1) is 0 Å². The molecule has 2 aliphatic rings. The van der Waals surface area contributed by atoms with E-state index in [9.17, 15) is 14.0 Å². The molecule has 9 heteroatoms. The molecule has 7 nitrogen and oxygen atoms in total. The van der Waals surface area contributed by atoms with Gasteiger partial charge in [0.2, 0.25) is 11.8 Å². The Morgan fingerprint density at radius 3 is 2.50 bits per heavy atom. The molecule has 34 heavy (non-hydrogen) atoms. The second-order valence-electron chi connectivity index (χ2n) is 8.47. The number of carbonyl (C=O) groups is 2. The first-order chi connectivity index (χ1) is 16.5. The molecule has 0 bridgehead atoms. The van der Waals surface area contributed by atoms with E-state index in [-0.39, 0.29) is 30.0 Å². The van der Waals surface area contributed by atoms with E-state index >= 15 is 0 Å². The summed E-state index contributed by atoms with van der Waals surface area (Å²) in [6.07, 6.45) is 1.74. The highest BCUT2D eigenvalue weighted by Crippen LogP contribution is 2.29. The van der Waals surface area contributed by atoms with E-state index < -0.39 is 0 Å². The fraction of sp³-hybridized carbons (Fsp3) is 0.280. The second-order valence-corrected chi connectivity index (χ2v) is 9.38. The van der Waals surface area contributed by atoms with Crippen LogP contribution >= 0.6 is 15.9 Å². The van der Waals surface area contributed by atoms with Crippen LogP contribution in [0.25, 0.3) is 11.3 Å². The van der Waals surface area contributed by atoms with Crippen LogP contribution in [0.4, 0.5) is 15.9 Å². The number of amides is 2. The number of rotatable bonds is 4. The number of anilines is 2. The molecule has 5 rings (SSSR count). The predicted molar refractivity (Wildman–Crippen MR) is 131 cm³/mol. The van der Waals surface area contributed by atoms with Crippen molar-refractivity contribution in [2.75, 3.05) is 42.5 Å². The third-order valence-corrected chi connectivity index (χ3v) is 6.80. The zero-order chi connectivity index (χ0) is 23.7. The second kappa shape index (κ2) is 9.50. The van der Waals surface area contributed by atoms with Crippen molar-refractivity contribution < 1.29 is 14.0 Å². The van der Waals surface area contributed by atoms with Gasteiger partial charge in [0.25, 0.3) is 0 Å². The van der Waals surface area contributed by atoms with Gasteiger partial charge in [-0.25, -0.2) is 14.4 Å². The maximum atomic E-state index is 13.2. The SMILES string of the molecule is O=C(C1CC(=O)N(c2cccc(Br)c2)C1)N1CCN(c2cc(-c3ccc(F)cc3)ncn2)CC1. The lowest BCUT2D eigenvalue weighted by atomic mass is 10.1. The molecule has 0 spiro atoms. The minimum atomic E-state index is -0.331. The molecule has 1 aromatic heterocycles. The number of nitrogens with zero attached hydrogens (tertiary/aromatic N) is 5. The fourth-order valence-electron chi connectivity index (χ4n) is 4.48. The van der Waals surface area contributed by atoms with Crippen molar-refractivity contribution in [2.24, 2.45) is 5.92 Å². The topological polar surface area (TPSA) is 69.6 Å². The molecule has 0 saturated carbocycles. The average molecular weight is 524 g/mol. The Kier molecular flexibility index (Phi) is 6.28. The predicted octanol–water partition coefficient (Wildman–Crippen LogP) is 3.75. The number of benzene rings is 2. The monoisotopic (exact) mass is 523 g/mol. The van der Waals surface area contributed by atoms with Gasteiger partial charge >= 0.3 is 0 Å². The highest BCUT2D eigenvalue weighted by molar-refractivity contribution is 9.10. The van der Waals surface area contributed by atoms with Gasteiger partial charge in [-0.3, -0.25) is 9.59 Å². The Bertz CT molecular complexity index is 1210. The maximum Gasteiger partial charge on any atom is 0.228 e. The quantitative estimate of drug-likeness (QED) is 0.520. The third kappa shape index (κ3) is 4.65. The largest absolute Gasteiger partial charge is 0.353 e. The van der Waals surface area contributed by atoms with Gasteiger partial charge in [0.05, 0.1) is 11.6 Å². The molecule has 2 aliphatic heterocycles. The number of hydrogen-bond donors (Lipinski definition) is 0. The maximum absolute atomic E-state index is 13.2. The van der Waals surface area contributed by atoms with E-state index in [1.54, 1.807) is 17.0 Å². The Labute approximate surface area is 205 Å². The van der Waals surface area contributed by atoms with Gasteiger partial charge in [0.1, 0.15) is 18.0 Å². The van der Waals surface area contributed by atoms with Crippen LogP contribution in [-0.4, -0.2) is 59.4 Å². The van der Waals surface area contributed by atoms with Crippen LogP contribution in [0.15, 0.2) is 65.4 Å². The Balaban J connectivity index is 1.21. The minimum absolute atomic E-state index is 0.0237. The highest BCUT2D eigenvalue weighted by atomic mass is 79.9. The molecule has 3 heterocycles. The van der Waals surface area contributed by atoms with Gasteiger partial charge in [0, 0.05) is 60.9 Å². The van der Waals surface area contributed by atoms with Crippen molar-refractivity contribution in [1.29, 1.82) is 0 Å². The van der Waals surface area contributed by atoms with Crippen molar-refractivity contribution in [3.63, 3.8) is 0 Å². The van der Waals surface area contributed by atoms with Crippen molar-refractivity contribution in [3.05, 3.63) is 71.2 Å².